The fraction of sp³-hybridized carbons (Fsp3) is 0.333. The number of carbonyl (C=O) groups excluding carboxylic acids is 2. The molecule has 4 rings (SSSR count). The third-order valence-corrected chi connectivity index (χ3v) is 6.38. The Morgan fingerprint density at radius 1 is 1.10 bits per heavy atom. The van der Waals surface area contributed by atoms with E-state index in [0.29, 0.717) is 30.3 Å². The quantitative estimate of drug-likeness (QED) is 0.603. The molecule has 0 atom stereocenters. The molecule has 1 N–H and O–H groups in total. The van der Waals surface area contributed by atoms with E-state index in [1.165, 1.54) is 0 Å². The zero-order valence-electron chi connectivity index (χ0n) is 16.4. The first-order valence-corrected chi connectivity index (χ1v) is 11.9. The van der Waals surface area contributed by atoms with Crippen LogP contribution in [0, 0.1) is 0 Å². The molecule has 1 aromatic carbocycles. The van der Waals surface area contributed by atoms with Gasteiger partial charge >= 0.3 is 0 Å². The molecular formula is C21H22N4O3S2. The lowest BCUT2D eigenvalue weighted by atomic mass is 10.1. The van der Waals surface area contributed by atoms with E-state index in [1.807, 2.05) is 57.8 Å². The molecule has 0 radical (unpaired) electrons. The molecule has 2 aromatic heterocycles. The van der Waals surface area contributed by atoms with Crippen molar-refractivity contribution in [3.8, 4) is 11.5 Å². The van der Waals surface area contributed by atoms with Gasteiger partial charge in [0.15, 0.2) is 0 Å². The maximum atomic E-state index is 12.4. The summed E-state index contributed by atoms with van der Waals surface area (Å²) in [7, 11) is 0. The molecule has 0 aliphatic carbocycles. The van der Waals surface area contributed by atoms with E-state index < -0.39 is 0 Å². The van der Waals surface area contributed by atoms with Crippen LogP contribution in [0.4, 0.5) is 5.69 Å². The maximum Gasteiger partial charge on any atom is 0.248 e. The number of anilines is 1. The summed E-state index contributed by atoms with van der Waals surface area (Å²) < 4.78 is 5.60. The number of thiophene rings is 1. The minimum atomic E-state index is -0.125. The second-order valence-electron chi connectivity index (χ2n) is 6.93. The number of hydrogen-bond donors (Lipinski definition) is 1. The van der Waals surface area contributed by atoms with Gasteiger partial charge in [-0.15, -0.1) is 10.2 Å². The smallest absolute Gasteiger partial charge is 0.248 e. The van der Waals surface area contributed by atoms with Gasteiger partial charge in [0.05, 0.1) is 6.42 Å². The van der Waals surface area contributed by atoms with Gasteiger partial charge in [-0.05, 0) is 29.1 Å². The summed E-state index contributed by atoms with van der Waals surface area (Å²) in [5, 5.41) is 14.8. The van der Waals surface area contributed by atoms with Crippen molar-refractivity contribution in [3.63, 3.8) is 0 Å². The number of amides is 2. The molecule has 3 heterocycles. The fourth-order valence-corrected chi connectivity index (χ4v) is 4.64. The van der Waals surface area contributed by atoms with Gasteiger partial charge in [0.2, 0.25) is 23.6 Å². The molecule has 1 aliphatic rings. The first-order chi connectivity index (χ1) is 14.7. The van der Waals surface area contributed by atoms with Crippen molar-refractivity contribution in [2.75, 3.05) is 29.9 Å². The topological polar surface area (TPSA) is 88.3 Å². The van der Waals surface area contributed by atoms with Crippen molar-refractivity contribution in [2.24, 2.45) is 0 Å². The van der Waals surface area contributed by atoms with Gasteiger partial charge < -0.3 is 14.6 Å². The highest BCUT2D eigenvalue weighted by Gasteiger charge is 2.17. The van der Waals surface area contributed by atoms with Gasteiger partial charge in [0.1, 0.15) is 0 Å². The van der Waals surface area contributed by atoms with Crippen LogP contribution in [0.15, 0.2) is 45.5 Å². The van der Waals surface area contributed by atoms with Crippen LogP contribution >= 0.6 is 23.1 Å². The average Bonchev–Trinajstić information content (AvgIpc) is 3.46. The molecule has 0 saturated carbocycles. The van der Waals surface area contributed by atoms with Gasteiger partial charge in [-0.2, -0.15) is 23.1 Å². The molecule has 3 aromatic rings. The lowest BCUT2D eigenvalue weighted by Crippen LogP contribution is -2.38. The minimum Gasteiger partial charge on any atom is -0.421 e. The molecule has 156 valence electrons. The molecule has 1 fully saturated rings. The van der Waals surface area contributed by atoms with Crippen molar-refractivity contribution >= 4 is 40.6 Å². The summed E-state index contributed by atoms with van der Waals surface area (Å²) in [5.74, 6) is 2.97. The normalized spacial score (nSPS) is 13.9. The first kappa shape index (κ1) is 20.6. The van der Waals surface area contributed by atoms with Crippen molar-refractivity contribution < 1.29 is 14.0 Å². The van der Waals surface area contributed by atoms with Crippen molar-refractivity contribution in [2.45, 2.75) is 19.3 Å². The molecule has 7 nitrogen and oxygen atoms in total. The summed E-state index contributed by atoms with van der Waals surface area (Å²) in [6, 6.07) is 9.34. The number of nitrogens with zero attached hydrogens (tertiary/aromatic N) is 3. The molecule has 1 aliphatic heterocycles. The molecule has 0 unspecified atom stereocenters. The minimum absolute atomic E-state index is 0.125. The Balaban J connectivity index is 1.24. The molecule has 0 bridgehead atoms. The Kier molecular flexibility index (Phi) is 6.81. The first-order valence-electron chi connectivity index (χ1n) is 9.76. The van der Waals surface area contributed by atoms with E-state index in [4.69, 9.17) is 4.42 Å². The van der Waals surface area contributed by atoms with Gasteiger partial charge in [-0.3, -0.25) is 9.59 Å². The van der Waals surface area contributed by atoms with Crippen LogP contribution in [0.3, 0.4) is 0 Å². The molecule has 0 spiro atoms. The second-order valence-corrected chi connectivity index (χ2v) is 8.93. The summed E-state index contributed by atoms with van der Waals surface area (Å²) in [5.41, 5.74) is 2.54. The molecule has 2 amide bonds. The van der Waals surface area contributed by atoms with Crippen LogP contribution in [-0.2, 0) is 22.4 Å². The summed E-state index contributed by atoms with van der Waals surface area (Å²) in [6.07, 6.45) is 1.02. The standard InChI is InChI=1S/C21H22N4O3S2/c26-18(5-6-19-23-24-21(28-19)16-7-10-30-14-16)22-17-3-1-15(2-4-17)13-20(27)25-8-11-29-12-9-25/h1-4,7,10,14H,5-6,8-9,11-13H2,(H,22,26). The van der Waals surface area contributed by atoms with Gasteiger partial charge in [0, 0.05) is 54.1 Å². The van der Waals surface area contributed by atoms with E-state index >= 15 is 0 Å². The maximum absolute atomic E-state index is 12.4. The Bertz CT molecular complexity index is 980. The van der Waals surface area contributed by atoms with Crippen molar-refractivity contribution in [3.05, 3.63) is 52.5 Å². The number of rotatable bonds is 7. The Labute approximate surface area is 182 Å². The number of thioether (sulfide) groups is 1. The molecular weight excluding hydrogens is 420 g/mol. The van der Waals surface area contributed by atoms with E-state index in [0.717, 1.165) is 35.7 Å². The second kappa shape index (κ2) is 9.90. The number of benzene rings is 1. The third-order valence-electron chi connectivity index (χ3n) is 4.76. The molecule has 30 heavy (non-hydrogen) atoms. The molecule has 9 heteroatoms. The lowest BCUT2D eigenvalue weighted by molar-refractivity contribution is -0.130. The van der Waals surface area contributed by atoms with Gasteiger partial charge in [-0.25, -0.2) is 0 Å². The summed E-state index contributed by atoms with van der Waals surface area (Å²) >= 11 is 3.45. The molecule has 1 saturated heterocycles. The monoisotopic (exact) mass is 442 g/mol. The predicted molar refractivity (Wildman–Crippen MR) is 119 cm³/mol. The van der Waals surface area contributed by atoms with Gasteiger partial charge in [-0.1, -0.05) is 12.1 Å². The average molecular weight is 443 g/mol. The Morgan fingerprint density at radius 3 is 2.63 bits per heavy atom. The highest BCUT2D eigenvalue weighted by atomic mass is 32.2. The van der Waals surface area contributed by atoms with Crippen molar-refractivity contribution in [1.29, 1.82) is 0 Å². The predicted octanol–water partition coefficient (Wildman–Crippen LogP) is 3.49. The van der Waals surface area contributed by atoms with Crippen LogP contribution in [0.5, 0.6) is 0 Å². The third kappa shape index (κ3) is 5.48. The number of aromatic nitrogens is 2. The highest BCUT2D eigenvalue weighted by molar-refractivity contribution is 7.99. The van der Waals surface area contributed by atoms with E-state index in [2.05, 4.69) is 15.5 Å². The zero-order valence-corrected chi connectivity index (χ0v) is 18.0. The number of hydrogen-bond acceptors (Lipinski definition) is 7. The fourth-order valence-electron chi connectivity index (χ4n) is 3.11. The largest absolute Gasteiger partial charge is 0.421 e. The van der Waals surface area contributed by atoms with E-state index in [1.54, 1.807) is 11.3 Å². The lowest BCUT2D eigenvalue weighted by Gasteiger charge is -2.26. The number of aryl methyl sites for hydroxylation is 1. The van der Waals surface area contributed by atoms with Crippen molar-refractivity contribution in [1.82, 2.24) is 15.1 Å². The number of carbonyl (C=O) groups is 2. The Morgan fingerprint density at radius 2 is 1.90 bits per heavy atom. The number of nitrogens with one attached hydrogen (secondary N) is 1. The summed E-state index contributed by atoms with van der Waals surface area (Å²) in [4.78, 5) is 26.5. The van der Waals surface area contributed by atoms with E-state index in [-0.39, 0.29) is 18.2 Å². The zero-order chi connectivity index (χ0) is 20.8. The Hall–Kier alpha value is -2.65. The van der Waals surface area contributed by atoms with Crippen LogP contribution in [0.2, 0.25) is 0 Å². The van der Waals surface area contributed by atoms with Crippen LogP contribution in [0.1, 0.15) is 17.9 Å². The SMILES string of the molecule is O=C(CCc1nnc(-c2ccsc2)o1)Nc1ccc(CC(=O)N2CCSCC2)cc1. The van der Waals surface area contributed by atoms with Crippen LogP contribution < -0.4 is 5.32 Å². The van der Waals surface area contributed by atoms with E-state index in [9.17, 15) is 9.59 Å². The highest BCUT2D eigenvalue weighted by Crippen LogP contribution is 2.21. The summed E-state index contributed by atoms with van der Waals surface area (Å²) in [6.45, 7) is 1.65. The van der Waals surface area contributed by atoms with Crippen LogP contribution in [-0.4, -0.2) is 51.5 Å². The van der Waals surface area contributed by atoms with Gasteiger partial charge in [0.25, 0.3) is 0 Å². The van der Waals surface area contributed by atoms with Crippen LogP contribution in [0.25, 0.3) is 11.5 Å².